The quantitative estimate of drug-likeness (QED) is 0.450. The third-order valence-electron chi connectivity index (χ3n) is 6.02. The Morgan fingerprint density at radius 2 is 1.81 bits per heavy atom. The average molecular weight is 540 g/mol. The second-order valence-corrected chi connectivity index (χ2v) is 12.8. The standard InChI is InChI=1S/C26H29N5O4S2/c1-26(2,3)31-37(33,34)23-12-17(18-4-8-19(13-27)29-14-18)7-11-21(23)22-15-30-24(36-22)16-5-9-20(10-6-16)35-25(28)32/h4,7-8,11-12,14-16,20,31H,5-6,9-10H2,1-3H3,(H2,28,32)/t16-,20-. The minimum Gasteiger partial charge on any atom is -0.446 e. The highest BCUT2D eigenvalue weighted by Gasteiger charge is 2.29. The minimum atomic E-state index is -3.88. The lowest BCUT2D eigenvalue weighted by molar-refractivity contribution is 0.0787. The van der Waals surface area contributed by atoms with Gasteiger partial charge in [0.1, 0.15) is 17.9 Å². The van der Waals surface area contributed by atoms with Crippen molar-refractivity contribution in [2.75, 3.05) is 0 Å². The number of thiazole rings is 1. The summed E-state index contributed by atoms with van der Waals surface area (Å²) in [7, 11) is -3.88. The molecule has 1 amide bonds. The van der Waals surface area contributed by atoms with E-state index in [9.17, 15) is 13.2 Å². The van der Waals surface area contributed by atoms with E-state index in [4.69, 9.17) is 15.7 Å². The van der Waals surface area contributed by atoms with Crippen molar-refractivity contribution in [2.24, 2.45) is 5.73 Å². The molecule has 0 aliphatic heterocycles. The van der Waals surface area contributed by atoms with Crippen LogP contribution in [-0.4, -0.2) is 36.1 Å². The Morgan fingerprint density at radius 1 is 1.11 bits per heavy atom. The van der Waals surface area contributed by atoms with Gasteiger partial charge in [-0.2, -0.15) is 5.26 Å². The van der Waals surface area contributed by atoms with Crippen LogP contribution in [0.5, 0.6) is 0 Å². The molecule has 0 radical (unpaired) electrons. The number of hydrogen-bond acceptors (Lipinski definition) is 8. The predicted octanol–water partition coefficient (Wildman–Crippen LogP) is 4.94. The number of sulfonamides is 1. The molecule has 2 aromatic heterocycles. The van der Waals surface area contributed by atoms with E-state index in [1.54, 1.807) is 57.4 Å². The molecule has 1 saturated carbocycles. The molecule has 1 aliphatic rings. The van der Waals surface area contributed by atoms with Crippen LogP contribution in [0.15, 0.2) is 47.6 Å². The topological polar surface area (TPSA) is 148 Å². The van der Waals surface area contributed by atoms with Gasteiger partial charge in [0.2, 0.25) is 10.0 Å². The molecule has 0 spiro atoms. The normalized spacial score (nSPS) is 18.2. The molecule has 9 nitrogen and oxygen atoms in total. The number of pyridine rings is 1. The van der Waals surface area contributed by atoms with Gasteiger partial charge in [0.15, 0.2) is 0 Å². The molecule has 0 saturated heterocycles. The number of primary amides is 1. The number of ether oxygens (including phenoxy) is 1. The highest BCUT2D eigenvalue weighted by molar-refractivity contribution is 7.89. The second kappa shape index (κ2) is 10.6. The van der Waals surface area contributed by atoms with Crippen LogP contribution in [0.2, 0.25) is 0 Å². The fraction of sp³-hybridized carbons (Fsp3) is 0.385. The molecule has 0 bridgehead atoms. The van der Waals surface area contributed by atoms with Gasteiger partial charge in [-0.1, -0.05) is 12.1 Å². The fourth-order valence-corrected chi connectivity index (χ4v) is 7.27. The molecule has 1 fully saturated rings. The number of nitriles is 1. The molecule has 0 unspecified atom stereocenters. The molecule has 1 aromatic carbocycles. The molecule has 3 N–H and O–H groups in total. The number of carbonyl (C=O) groups is 1. The summed E-state index contributed by atoms with van der Waals surface area (Å²) in [6.07, 6.45) is 5.41. The zero-order valence-corrected chi connectivity index (χ0v) is 22.5. The largest absolute Gasteiger partial charge is 0.446 e. The van der Waals surface area contributed by atoms with E-state index >= 15 is 0 Å². The van der Waals surface area contributed by atoms with Crippen molar-refractivity contribution in [1.82, 2.24) is 14.7 Å². The lowest BCUT2D eigenvalue weighted by atomic mass is 9.88. The van der Waals surface area contributed by atoms with Gasteiger partial charge in [-0.25, -0.2) is 27.9 Å². The zero-order chi connectivity index (χ0) is 26.8. The van der Waals surface area contributed by atoms with Gasteiger partial charge in [0.25, 0.3) is 0 Å². The summed E-state index contributed by atoms with van der Waals surface area (Å²) >= 11 is 1.48. The van der Waals surface area contributed by atoms with Gasteiger partial charge >= 0.3 is 6.09 Å². The lowest BCUT2D eigenvalue weighted by Crippen LogP contribution is -2.40. The summed E-state index contributed by atoms with van der Waals surface area (Å²) < 4.78 is 34.9. The third-order valence-corrected chi connectivity index (χ3v) is 9.01. The minimum absolute atomic E-state index is 0.151. The first-order valence-corrected chi connectivity index (χ1v) is 14.2. The molecule has 4 rings (SSSR count). The third kappa shape index (κ3) is 6.52. The van der Waals surface area contributed by atoms with E-state index < -0.39 is 21.7 Å². The first-order valence-electron chi connectivity index (χ1n) is 11.9. The van der Waals surface area contributed by atoms with Crippen molar-refractivity contribution in [3.8, 4) is 27.6 Å². The molecular weight excluding hydrogens is 510 g/mol. The van der Waals surface area contributed by atoms with Crippen molar-refractivity contribution in [2.45, 2.75) is 68.9 Å². The smallest absolute Gasteiger partial charge is 0.404 e. The Hall–Kier alpha value is -3.33. The van der Waals surface area contributed by atoms with E-state index in [1.807, 2.05) is 12.1 Å². The predicted molar refractivity (Wildman–Crippen MR) is 141 cm³/mol. The SMILES string of the molecule is CC(C)(C)NS(=O)(=O)c1cc(-c2ccc(C#N)nc2)ccc1-c1cnc([C@H]2CC[C@H](OC(N)=O)CC2)s1. The maximum atomic E-state index is 13.5. The van der Waals surface area contributed by atoms with Crippen LogP contribution in [0.1, 0.15) is 63.1 Å². The number of nitrogens with zero attached hydrogens (tertiary/aromatic N) is 3. The summed E-state index contributed by atoms with van der Waals surface area (Å²) in [5, 5.41) is 9.97. The Balaban J connectivity index is 1.68. The number of nitrogens with one attached hydrogen (secondary N) is 1. The van der Waals surface area contributed by atoms with Gasteiger partial charge in [0, 0.05) is 35.0 Å². The van der Waals surface area contributed by atoms with Gasteiger partial charge in [-0.3, -0.25) is 0 Å². The van der Waals surface area contributed by atoms with Crippen LogP contribution in [-0.2, 0) is 14.8 Å². The van der Waals surface area contributed by atoms with Gasteiger partial charge < -0.3 is 10.5 Å². The molecule has 37 heavy (non-hydrogen) atoms. The summed E-state index contributed by atoms with van der Waals surface area (Å²) in [6.45, 7) is 5.38. The Bertz CT molecular complexity index is 1430. The highest BCUT2D eigenvalue weighted by Crippen LogP contribution is 2.40. The van der Waals surface area contributed by atoms with Crippen LogP contribution < -0.4 is 10.5 Å². The van der Waals surface area contributed by atoms with Gasteiger partial charge in [0.05, 0.1) is 14.8 Å². The number of benzene rings is 1. The van der Waals surface area contributed by atoms with E-state index in [2.05, 4.69) is 14.7 Å². The van der Waals surface area contributed by atoms with E-state index in [0.29, 0.717) is 29.5 Å². The molecule has 1 aliphatic carbocycles. The number of amides is 1. The second-order valence-electron chi connectivity index (χ2n) is 10.1. The van der Waals surface area contributed by atoms with Crippen LogP contribution in [0.3, 0.4) is 0 Å². The zero-order valence-electron chi connectivity index (χ0n) is 20.9. The van der Waals surface area contributed by atoms with E-state index in [0.717, 1.165) is 22.7 Å². The van der Waals surface area contributed by atoms with Crippen LogP contribution in [0, 0.1) is 11.3 Å². The van der Waals surface area contributed by atoms with Crippen LogP contribution in [0.4, 0.5) is 4.79 Å². The molecule has 194 valence electrons. The first kappa shape index (κ1) is 26.7. The summed E-state index contributed by atoms with van der Waals surface area (Å²) in [5.41, 5.74) is 6.70. The molecule has 0 atom stereocenters. The fourth-order valence-electron chi connectivity index (χ4n) is 4.41. The highest BCUT2D eigenvalue weighted by atomic mass is 32.2. The monoisotopic (exact) mass is 539 g/mol. The van der Waals surface area contributed by atoms with Gasteiger partial charge in [-0.15, -0.1) is 11.3 Å². The molecule has 3 aromatic rings. The number of carbonyl (C=O) groups excluding carboxylic acids is 1. The maximum absolute atomic E-state index is 13.5. The van der Waals surface area contributed by atoms with Crippen molar-refractivity contribution in [3.05, 3.63) is 53.4 Å². The van der Waals surface area contributed by atoms with Crippen LogP contribution >= 0.6 is 11.3 Å². The number of rotatable bonds is 6. The van der Waals surface area contributed by atoms with Gasteiger partial charge in [-0.05, 0) is 70.2 Å². The Labute approximate surface area is 220 Å². The maximum Gasteiger partial charge on any atom is 0.404 e. The summed E-state index contributed by atoms with van der Waals surface area (Å²) in [5.74, 6) is 0.211. The summed E-state index contributed by atoms with van der Waals surface area (Å²) in [6, 6.07) is 10.6. The average Bonchev–Trinajstić information content (AvgIpc) is 3.32. The molecule has 2 heterocycles. The van der Waals surface area contributed by atoms with Crippen molar-refractivity contribution in [3.63, 3.8) is 0 Å². The number of hydrogen-bond donors (Lipinski definition) is 2. The Morgan fingerprint density at radius 3 is 2.41 bits per heavy atom. The van der Waals surface area contributed by atoms with Crippen molar-refractivity contribution in [1.29, 1.82) is 5.26 Å². The van der Waals surface area contributed by atoms with E-state index in [-0.39, 0.29) is 22.6 Å². The Kier molecular flexibility index (Phi) is 7.64. The first-order chi connectivity index (χ1) is 17.4. The number of aromatic nitrogens is 2. The van der Waals surface area contributed by atoms with Crippen molar-refractivity contribution >= 4 is 27.5 Å². The van der Waals surface area contributed by atoms with Crippen molar-refractivity contribution < 1.29 is 17.9 Å². The summed E-state index contributed by atoms with van der Waals surface area (Å²) in [4.78, 5) is 20.7. The molecular formula is C26H29N5O4S2. The van der Waals surface area contributed by atoms with Crippen LogP contribution in [0.25, 0.3) is 21.6 Å². The van der Waals surface area contributed by atoms with E-state index in [1.165, 1.54) is 11.3 Å². The molecule has 11 heteroatoms. The lowest BCUT2D eigenvalue weighted by Gasteiger charge is -2.26. The number of nitrogens with two attached hydrogens (primary N) is 1.